The van der Waals surface area contributed by atoms with E-state index in [9.17, 15) is 14.4 Å². The van der Waals surface area contributed by atoms with Gasteiger partial charge in [-0.1, -0.05) is 23.7 Å². The second-order valence-electron chi connectivity index (χ2n) is 5.30. The summed E-state index contributed by atoms with van der Waals surface area (Å²) in [6, 6.07) is 6.57. The van der Waals surface area contributed by atoms with Crippen molar-refractivity contribution in [1.82, 2.24) is 10.2 Å². The number of nitrogens with zero attached hydrogens (tertiary/aromatic N) is 1. The summed E-state index contributed by atoms with van der Waals surface area (Å²) in [6.45, 7) is 1.47. The van der Waals surface area contributed by atoms with E-state index in [-0.39, 0.29) is 12.3 Å². The quantitative estimate of drug-likeness (QED) is 0.831. The average Bonchev–Trinajstić information content (AvgIpc) is 2.53. The summed E-state index contributed by atoms with van der Waals surface area (Å²) < 4.78 is 9.57. The molecule has 1 aliphatic heterocycles. The van der Waals surface area contributed by atoms with Gasteiger partial charge in [-0.15, -0.1) is 0 Å². The van der Waals surface area contributed by atoms with Crippen LogP contribution in [0.2, 0.25) is 5.02 Å². The van der Waals surface area contributed by atoms with Crippen molar-refractivity contribution in [2.75, 3.05) is 14.2 Å². The molecule has 1 heterocycles. The van der Waals surface area contributed by atoms with Gasteiger partial charge in [0.2, 0.25) is 5.91 Å². The van der Waals surface area contributed by atoms with Gasteiger partial charge in [0.25, 0.3) is 0 Å². The molecule has 0 aromatic heterocycles. The van der Waals surface area contributed by atoms with E-state index in [0.29, 0.717) is 10.6 Å². The highest BCUT2D eigenvalue weighted by Crippen LogP contribution is 2.35. The molecule has 2 atom stereocenters. The number of carbonyl (C=O) groups excluding carboxylic acids is 3. The summed E-state index contributed by atoms with van der Waals surface area (Å²) in [6.07, 6.45) is -1.85. The molecule has 1 N–H and O–H groups in total. The van der Waals surface area contributed by atoms with Gasteiger partial charge >= 0.3 is 12.1 Å². The lowest BCUT2D eigenvalue weighted by molar-refractivity contribution is -0.162. The highest BCUT2D eigenvalue weighted by atomic mass is 35.5. The van der Waals surface area contributed by atoms with Crippen LogP contribution in [0.15, 0.2) is 24.3 Å². The Labute approximate surface area is 138 Å². The van der Waals surface area contributed by atoms with E-state index in [1.165, 1.54) is 26.0 Å². The molecule has 1 aliphatic rings. The second-order valence-corrected chi connectivity index (χ2v) is 5.74. The van der Waals surface area contributed by atoms with E-state index in [0.717, 1.165) is 0 Å². The van der Waals surface area contributed by atoms with E-state index in [1.807, 2.05) is 0 Å². The Bertz CT molecular complexity index is 633. The highest BCUT2D eigenvalue weighted by Gasteiger charge is 2.52. The number of methoxy groups -OCH3 is 2. The molecule has 0 spiro atoms. The maximum Gasteiger partial charge on any atom is 0.412 e. The molecule has 0 unspecified atom stereocenters. The third kappa shape index (κ3) is 3.10. The lowest BCUT2D eigenvalue weighted by Gasteiger charge is -2.46. The summed E-state index contributed by atoms with van der Waals surface area (Å²) in [5.74, 6) is -1.07. The van der Waals surface area contributed by atoms with Crippen molar-refractivity contribution in [1.29, 1.82) is 0 Å². The highest BCUT2D eigenvalue weighted by molar-refractivity contribution is 6.30. The van der Waals surface area contributed by atoms with Crippen molar-refractivity contribution >= 4 is 29.6 Å². The molecule has 1 saturated heterocycles. The summed E-state index contributed by atoms with van der Waals surface area (Å²) in [5.41, 5.74) is -0.892. The number of rotatable bonds is 2. The van der Waals surface area contributed by atoms with Crippen molar-refractivity contribution in [3.63, 3.8) is 0 Å². The van der Waals surface area contributed by atoms with Crippen molar-refractivity contribution < 1.29 is 23.9 Å². The predicted molar refractivity (Wildman–Crippen MR) is 81.6 cm³/mol. The van der Waals surface area contributed by atoms with Crippen LogP contribution in [0.1, 0.15) is 25.1 Å². The number of esters is 1. The molecule has 1 aromatic carbocycles. The molecule has 2 amide bonds. The monoisotopic (exact) mass is 340 g/mol. The maximum atomic E-state index is 12.3. The summed E-state index contributed by atoms with van der Waals surface area (Å²) >= 11 is 5.87. The van der Waals surface area contributed by atoms with Crippen LogP contribution in [0.25, 0.3) is 0 Å². The number of nitrogens with one attached hydrogen (secondary N) is 1. The summed E-state index contributed by atoms with van der Waals surface area (Å²) in [4.78, 5) is 37.8. The van der Waals surface area contributed by atoms with Crippen LogP contribution >= 0.6 is 11.6 Å². The SMILES string of the molecule is COC(=O)N1[C@@H](c2ccc(Cl)cc2)NC(=O)C[C@@]1(C)C(=O)OC. The number of halogens is 1. The van der Waals surface area contributed by atoms with E-state index < -0.39 is 23.8 Å². The third-order valence-electron chi connectivity index (χ3n) is 3.77. The van der Waals surface area contributed by atoms with Gasteiger partial charge < -0.3 is 14.8 Å². The van der Waals surface area contributed by atoms with Gasteiger partial charge in [0.15, 0.2) is 5.54 Å². The molecular formula is C15H17ClN2O5. The Morgan fingerprint density at radius 3 is 2.39 bits per heavy atom. The largest absolute Gasteiger partial charge is 0.467 e. The van der Waals surface area contributed by atoms with Crippen molar-refractivity contribution in [3.05, 3.63) is 34.9 Å². The van der Waals surface area contributed by atoms with E-state index in [2.05, 4.69) is 5.32 Å². The van der Waals surface area contributed by atoms with Crippen molar-refractivity contribution in [2.24, 2.45) is 0 Å². The fourth-order valence-electron chi connectivity index (χ4n) is 2.62. The van der Waals surface area contributed by atoms with Crippen LogP contribution in [0.4, 0.5) is 4.79 Å². The minimum absolute atomic E-state index is 0.223. The van der Waals surface area contributed by atoms with Crippen LogP contribution in [0.5, 0.6) is 0 Å². The van der Waals surface area contributed by atoms with Gasteiger partial charge in [-0.2, -0.15) is 0 Å². The van der Waals surface area contributed by atoms with Gasteiger partial charge in [0.05, 0.1) is 20.6 Å². The number of ether oxygens (including phenoxy) is 2. The Kier molecular flexibility index (Phi) is 4.79. The van der Waals surface area contributed by atoms with Crippen LogP contribution in [-0.4, -0.2) is 42.6 Å². The van der Waals surface area contributed by atoms with Crippen LogP contribution in [-0.2, 0) is 19.1 Å². The summed E-state index contributed by atoms with van der Waals surface area (Å²) in [5, 5.41) is 3.20. The normalized spacial score (nSPS) is 23.9. The molecule has 1 aromatic rings. The van der Waals surface area contributed by atoms with E-state index >= 15 is 0 Å². The first kappa shape index (κ1) is 17.1. The molecule has 1 fully saturated rings. The molecule has 0 bridgehead atoms. The number of carbonyl (C=O) groups is 3. The topological polar surface area (TPSA) is 84.9 Å². The minimum Gasteiger partial charge on any atom is -0.467 e. The zero-order chi connectivity index (χ0) is 17.2. The zero-order valence-corrected chi connectivity index (χ0v) is 13.7. The Hall–Kier alpha value is -2.28. The number of amides is 2. The Balaban J connectivity index is 2.53. The number of benzene rings is 1. The van der Waals surface area contributed by atoms with E-state index in [4.69, 9.17) is 21.1 Å². The molecule has 0 aliphatic carbocycles. The fourth-order valence-corrected chi connectivity index (χ4v) is 2.75. The smallest absolute Gasteiger partial charge is 0.412 e. The van der Waals surface area contributed by atoms with Crippen molar-refractivity contribution in [3.8, 4) is 0 Å². The number of hydrogen-bond acceptors (Lipinski definition) is 5. The molecule has 7 nitrogen and oxygen atoms in total. The minimum atomic E-state index is -1.48. The fraction of sp³-hybridized carbons (Fsp3) is 0.400. The third-order valence-corrected chi connectivity index (χ3v) is 4.03. The first-order chi connectivity index (χ1) is 10.8. The second kappa shape index (κ2) is 6.45. The van der Waals surface area contributed by atoms with Gasteiger partial charge in [0, 0.05) is 5.02 Å². The molecule has 23 heavy (non-hydrogen) atoms. The molecule has 0 radical (unpaired) electrons. The number of hydrogen-bond donors (Lipinski definition) is 1. The maximum absolute atomic E-state index is 12.3. The van der Waals surface area contributed by atoms with E-state index in [1.54, 1.807) is 24.3 Å². The molecule has 2 rings (SSSR count). The van der Waals surface area contributed by atoms with Gasteiger partial charge in [0.1, 0.15) is 6.17 Å². The first-order valence-corrected chi connectivity index (χ1v) is 7.22. The lowest BCUT2D eigenvalue weighted by atomic mass is 9.90. The summed E-state index contributed by atoms with van der Waals surface area (Å²) in [7, 11) is 2.40. The van der Waals surface area contributed by atoms with Gasteiger partial charge in [-0.25, -0.2) is 9.59 Å². The van der Waals surface area contributed by atoms with Crippen LogP contribution < -0.4 is 5.32 Å². The van der Waals surface area contributed by atoms with Crippen LogP contribution in [0.3, 0.4) is 0 Å². The predicted octanol–water partition coefficient (Wildman–Crippen LogP) is 1.86. The van der Waals surface area contributed by atoms with Crippen molar-refractivity contribution in [2.45, 2.75) is 25.0 Å². The average molecular weight is 341 g/mol. The lowest BCUT2D eigenvalue weighted by Crippen LogP contribution is -2.65. The molecule has 124 valence electrons. The van der Waals surface area contributed by atoms with Gasteiger partial charge in [-0.05, 0) is 24.6 Å². The van der Waals surface area contributed by atoms with Crippen LogP contribution in [0, 0.1) is 0 Å². The first-order valence-electron chi connectivity index (χ1n) is 6.84. The van der Waals surface area contributed by atoms with Gasteiger partial charge in [-0.3, -0.25) is 9.69 Å². The molecule has 8 heteroatoms. The Morgan fingerprint density at radius 1 is 1.26 bits per heavy atom. The zero-order valence-electron chi connectivity index (χ0n) is 13.0. The molecular weight excluding hydrogens is 324 g/mol. The molecule has 0 saturated carbocycles. The standard InChI is InChI=1S/C15H17ClN2O5/c1-15(13(20)22-2)8-11(19)17-12(18(15)14(21)23-3)9-4-6-10(16)7-5-9/h4-7,12H,8H2,1-3H3,(H,17,19)/t12-,15-/m0/s1. The Morgan fingerprint density at radius 2 is 1.87 bits per heavy atom.